The highest BCUT2D eigenvalue weighted by atomic mass is 16.7. The number of carbonyl (C=O) groups excluding carboxylic acids is 3. The highest BCUT2D eigenvalue weighted by Gasteiger charge is 2.22. The number of esters is 2. The number of aliphatic carboxylic acids is 1. The molecule has 0 spiro atoms. The van der Waals surface area contributed by atoms with Gasteiger partial charge in [0.15, 0.2) is 12.4 Å². The van der Waals surface area contributed by atoms with E-state index in [9.17, 15) is 19.5 Å². The molecule has 0 aliphatic heterocycles. The standard InChI is InChI=1S/C63H123NO8/c1-6-8-10-12-14-16-18-19-20-21-22-23-24-25-26-27-28-29-30-31-32-33-34-35-36-37-38-39-40-41-42-44-46-48-50-52-54-61(66)72-59(58-71-63(62(67)68)69-56-55-64(3,4)5)57-70-60(65)53-51-49-47-45-43-17-15-13-11-9-7-2/h59,63H,6-58H2,1-5H3. The van der Waals surface area contributed by atoms with Gasteiger partial charge in [-0.25, -0.2) is 0 Å². The predicted molar refractivity (Wildman–Crippen MR) is 302 cm³/mol. The molecule has 0 aromatic rings. The SMILES string of the molecule is CCCCCCCCCCCCCCCCCCCCCCCCCCCCCCCCCCCCCCC(=O)OC(COC(=O)CCCCCCCCCCCCC)COC(OCC[N+](C)(C)C)C(=O)[O-]. The van der Waals surface area contributed by atoms with Crippen LogP contribution in [0.1, 0.15) is 328 Å². The average Bonchev–Trinajstić information content (AvgIpc) is 3.35. The summed E-state index contributed by atoms with van der Waals surface area (Å²) in [6.45, 7) is 4.80. The van der Waals surface area contributed by atoms with E-state index in [0.29, 0.717) is 17.4 Å². The first-order valence-corrected chi connectivity index (χ1v) is 31.7. The minimum absolute atomic E-state index is 0.153. The van der Waals surface area contributed by atoms with Gasteiger partial charge in [-0.15, -0.1) is 0 Å². The van der Waals surface area contributed by atoms with Crippen LogP contribution in [-0.2, 0) is 33.3 Å². The molecule has 0 radical (unpaired) electrons. The molecule has 0 saturated heterocycles. The van der Waals surface area contributed by atoms with Gasteiger partial charge in [0.2, 0.25) is 0 Å². The number of likely N-dealkylation sites (N-methyl/N-ethyl adjacent to an activating group) is 1. The number of carboxylic acids is 1. The molecule has 0 N–H and O–H groups in total. The fraction of sp³-hybridized carbons (Fsp3) is 0.952. The van der Waals surface area contributed by atoms with Gasteiger partial charge in [-0.2, -0.15) is 0 Å². The smallest absolute Gasteiger partial charge is 0.306 e. The lowest BCUT2D eigenvalue weighted by Crippen LogP contribution is -2.44. The molecule has 0 heterocycles. The van der Waals surface area contributed by atoms with E-state index in [1.54, 1.807) is 0 Å². The van der Waals surface area contributed by atoms with Crippen molar-refractivity contribution in [1.82, 2.24) is 0 Å². The first-order chi connectivity index (χ1) is 35.1. The van der Waals surface area contributed by atoms with E-state index in [0.717, 1.165) is 38.5 Å². The van der Waals surface area contributed by atoms with Gasteiger partial charge in [-0.3, -0.25) is 9.59 Å². The van der Waals surface area contributed by atoms with Crippen molar-refractivity contribution in [2.75, 3.05) is 47.5 Å². The molecule has 72 heavy (non-hydrogen) atoms. The molecule has 428 valence electrons. The first-order valence-electron chi connectivity index (χ1n) is 31.7. The van der Waals surface area contributed by atoms with Crippen molar-refractivity contribution < 1.29 is 42.9 Å². The Kier molecular flexibility index (Phi) is 54.2. The number of carboxylic acid groups (broad SMARTS) is 1. The van der Waals surface area contributed by atoms with Crippen LogP contribution in [0.4, 0.5) is 0 Å². The van der Waals surface area contributed by atoms with Crippen LogP contribution in [0, 0.1) is 0 Å². The monoisotopic (exact) mass is 1020 g/mol. The third-order valence-electron chi connectivity index (χ3n) is 14.6. The molecule has 0 bridgehead atoms. The highest BCUT2D eigenvalue weighted by Crippen LogP contribution is 2.19. The van der Waals surface area contributed by atoms with Gasteiger partial charge in [-0.1, -0.05) is 303 Å². The summed E-state index contributed by atoms with van der Waals surface area (Å²) in [4.78, 5) is 37.2. The average molecular weight is 1020 g/mol. The van der Waals surface area contributed by atoms with Crippen molar-refractivity contribution in [2.45, 2.75) is 341 Å². The Labute approximate surface area is 447 Å². The van der Waals surface area contributed by atoms with Gasteiger partial charge >= 0.3 is 11.9 Å². The molecule has 0 aliphatic rings. The summed E-state index contributed by atoms with van der Waals surface area (Å²) in [6.07, 6.45) is 60.6. The summed E-state index contributed by atoms with van der Waals surface area (Å²) in [5.41, 5.74) is 0. The summed E-state index contributed by atoms with van der Waals surface area (Å²) in [5, 5.41) is 11.7. The molecule has 9 nitrogen and oxygen atoms in total. The molecule has 0 amide bonds. The number of unbranched alkanes of at least 4 members (excludes halogenated alkanes) is 45. The Morgan fingerprint density at radius 3 is 0.889 bits per heavy atom. The Balaban J connectivity index is 3.89. The second-order valence-corrected chi connectivity index (χ2v) is 23.1. The van der Waals surface area contributed by atoms with Crippen molar-refractivity contribution in [3.05, 3.63) is 0 Å². The van der Waals surface area contributed by atoms with Crippen LogP contribution in [0.15, 0.2) is 0 Å². The van der Waals surface area contributed by atoms with E-state index in [-0.39, 0.29) is 32.2 Å². The van der Waals surface area contributed by atoms with Crippen LogP contribution in [0.5, 0.6) is 0 Å². The molecule has 0 aliphatic carbocycles. The van der Waals surface area contributed by atoms with E-state index in [2.05, 4.69) is 13.8 Å². The maximum atomic E-state index is 12.8. The van der Waals surface area contributed by atoms with E-state index in [1.165, 1.54) is 263 Å². The van der Waals surface area contributed by atoms with Crippen LogP contribution < -0.4 is 5.11 Å². The van der Waals surface area contributed by atoms with Gasteiger partial charge in [0.25, 0.3) is 0 Å². The van der Waals surface area contributed by atoms with Crippen LogP contribution in [0.3, 0.4) is 0 Å². The largest absolute Gasteiger partial charge is 0.545 e. The molecule has 9 heteroatoms. The Bertz CT molecular complexity index is 1140. The Hall–Kier alpha value is -1.71. The van der Waals surface area contributed by atoms with Gasteiger partial charge in [0.05, 0.1) is 40.3 Å². The molecule has 0 rings (SSSR count). The Morgan fingerprint density at radius 2 is 0.625 bits per heavy atom. The number of hydrogen-bond acceptors (Lipinski definition) is 8. The normalized spacial score (nSPS) is 12.6. The minimum atomic E-state index is -1.61. The number of rotatable bonds is 60. The summed E-state index contributed by atoms with van der Waals surface area (Å²) in [6, 6.07) is 0. The lowest BCUT2D eigenvalue weighted by molar-refractivity contribution is -0.870. The van der Waals surface area contributed by atoms with Gasteiger partial charge in [0, 0.05) is 12.8 Å². The van der Waals surface area contributed by atoms with Gasteiger partial charge in [0.1, 0.15) is 13.2 Å². The number of ether oxygens (including phenoxy) is 4. The van der Waals surface area contributed by atoms with E-state index in [4.69, 9.17) is 18.9 Å². The van der Waals surface area contributed by atoms with Gasteiger partial charge < -0.3 is 33.3 Å². The quantitative estimate of drug-likeness (QED) is 0.0256. The van der Waals surface area contributed by atoms with E-state index in [1.807, 2.05) is 21.1 Å². The first kappa shape index (κ1) is 70.3. The predicted octanol–water partition coefficient (Wildman–Crippen LogP) is 17.4. The van der Waals surface area contributed by atoms with Crippen molar-refractivity contribution in [3.63, 3.8) is 0 Å². The van der Waals surface area contributed by atoms with Crippen molar-refractivity contribution in [3.8, 4) is 0 Å². The second kappa shape index (κ2) is 55.5. The molecule has 0 fully saturated rings. The molecule has 0 aromatic heterocycles. The maximum absolute atomic E-state index is 12.8. The number of carbonyl (C=O) groups is 3. The Morgan fingerprint density at radius 1 is 0.361 bits per heavy atom. The summed E-state index contributed by atoms with van der Waals surface area (Å²) >= 11 is 0. The van der Waals surface area contributed by atoms with E-state index >= 15 is 0 Å². The van der Waals surface area contributed by atoms with Crippen molar-refractivity contribution in [1.29, 1.82) is 0 Å². The third-order valence-corrected chi connectivity index (χ3v) is 14.6. The molecule has 2 unspecified atom stereocenters. The zero-order valence-corrected chi connectivity index (χ0v) is 48.8. The minimum Gasteiger partial charge on any atom is -0.545 e. The van der Waals surface area contributed by atoms with Crippen molar-refractivity contribution >= 4 is 17.9 Å². The zero-order chi connectivity index (χ0) is 52.7. The number of nitrogens with zero attached hydrogens (tertiary/aromatic N) is 1. The highest BCUT2D eigenvalue weighted by molar-refractivity contribution is 5.70. The van der Waals surface area contributed by atoms with Crippen LogP contribution in [-0.4, -0.2) is 82.3 Å². The molecule has 2 atom stereocenters. The van der Waals surface area contributed by atoms with Gasteiger partial charge in [-0.05, 0) is 12.8 Å². The lowest BCUT2D eigenvalue weighted by atomic mass is 10.0. The summed E-state index contributed by atoms with van der Waals surface area (Å²) in [7, 11) is 5.93. The maximum Gasteiger partial charge on any atom is 0.306 e. The van der Waals surface area contributed by atoms with Crippen LogP contribution in [0.25, 0.3) is 0 Å². The molecular formula is C63H123NO8. The van der Waals surface area contributed by atoms with Crippen LogP contribution >= 0.6 is 0 Å². The topological polar surface area (TPSA) is 111 Å². The molecule has 0 aromatic carbocycles. The molecular weight excluding hydrogens is 899 g/mol. The van der Waals surface area contributed by atoms with Crippen molar-refractivity contribution in [2.24, 2.45) is 0 Å². The summed E-state index contributed by atoms with van der Waals surface area (Å²) in [5.74, 6) is -2.26. The fourth-order valence-electron chi connectivity index (χ4n) is 9.72. The number of quaternary nitrogens is 1. The lowest BCUT2D eigenvalue weighted by Gasteiger charge is -2.26. The molecule has 0 saturated carbocycles. The zero-order valence-electron chi connectivity index (χ0n) is 48.8. The van der Waals surface area contributed by atoms with Crippen LogP contribution in [0.2, 0.25) is 0 Å². The fourth-order valence-corrected chi connectivity index (χ4v) is 9.72. The number of hydrogen-bond donors (Lipinski definition) is 0. The van der Waals surface area contributed by atoms with E-state index < -0.39 is 24.3 Å². The second-order valence-electron chi connectivity index (χ2n) is 23.1. The third kappa shape index (κ3) is 56.0. The summed E-state index contributed by atoms with van der Waals surface area (Å²) < 4.78 is 22.7.